The van der Waals surface area contributed by atoms with Gasteiger partial charge >= 0.3 is 5.97 Å². The van der Waals surface area contributed by atoms with Gasteiger partial charge in [-0.05, 0) is 61.8 Å². The standard InChI is InChI=1S/C18H22O3/c19-17(20)10-13-3-1-2-4-16(13)21-18-14-6-11-5-12(8-14)9-15(18)7-11/h1-4,11-12,14-15,18H,5-10H2,(H,19,20). The van der Waals surface area contributed by atoms with E-state index in [1.807, 2.05) is 24.3 Å². The van der Waals surface area contributed by atoms with Crippen molar-refractivity contribution in [2.24, 2.45) is 23.7 Å². The van der Waals surface area contributed by atoms with Crippen molar-refractivity contribution in [3.63, 3.8) is 0 Å². The van der Waals surface area contributed by atoms with E-state index in [0.717, 1.165) is 23.1 Å². The molecule has 4 saturated carbocycles. The van der Waals surface area contributed by atoms with E-state index in [-0.39, 0.29) is 6.42 Å². The Labute approximate surface area is 125 Å². The van der Waals surface area contributed by atoms with Crippen LogP contribution in [0, 0.1) is 23.7 Å². The second-order valence-electron chi connectivity index (χ2n) is 7.19. The highest BCUT2D eigenvalue weighted by Gasteiger charge is 2.49. The summed E-state index contributed by atoms with van der Waals surface area (Å²) in [5.41, 5.74) is 0.804. The third-order valence-electron chi connectivity index (χ3n) is 5.72. The molecular formula is C18H22O3. The van der Waals surface area contributed by atoms with Crippen LogP contribution in [0.2, 0.25) is 0 Å². The molecule has 3 nitrogen and oxygen atoms in total. The van der Waals surface area contributed by atoms with Crippen molar-refractivity contribution in [3.8, 4) is 5.75 Å². The van der Waals surface area contributed by atoms with E-state index in [1.54, 1.807) is 0 Å². The highest BCUT2D eigenvalue weighted by molar-refractivity contribution is 5.71. The summed E-state index contributed by atoms with van der Waals surface area (Å²) in [4.78, 5) is 11.0. The van der Waals surface area contributed by atoms with E-state index in [1.165, 1.54) is 32.1 Å². The number of para-hydroxylation sites is 1. The molecule has 1 aromatic rings. The van der Waals surface area contributed by atoms with Gasteiger partial charge in [0, 0.05) is 5.56 Å². The smallest absolute Gasteiger partial charge is 0.307 e. The summed E-state index contributed by atoms with van der Waals surface area (Å²) < 4.78 is 6.36. The lowest BCUT2D eigenvalue weighted by atomic mass is 9.55. The SMILES string of the molecule is O=C(O)Cc1ccccc1OC1C2CC3CC(C2)CC1C3. The van der Waals surface area contributed by atoms with Gasteiger partial charge in [0.2, 0.25) is 0 Å². The summed E-state index contributed by atoms with van der Waals surface area (Å²) in [6.07, 6.45) is 7.07. The molecule has 0 spiro atoms. The molecule has 112 valence electrons. The zero-order valence-electron chi connectivity index (χ0n) is 12.2. The van der Waals surface area contributed by atoms with Crippen LogP contribution < -0.4 is 4.74 Å². The van der Waals surface area contributed by atoms with Crippen molar-refractivity contribution in [3.05, 3.63) is 29.8 Å². The Balaban J connectivity index is 1.55. The molecule has 4 fully saturated rings. The molecular weight excluding hydrogens is 264 g/mol. The fraction of sp³-hybridized carbons (Fsp3) is 0.611. The van der Waals surface area contributed by atoms with Gasteiger partial charge in [0.1, 0.15) is 11.9 Å². The van der Waals surface area contributed by atoms with Crippen molar-refractivity contribution in [1.29, 1.82) is 0 Å². The number of hydrogen-bond donors (Lipinski definition) is 1. The normalized spacial score (nSPS) is 36.7. The second-order valence-corrected chi connectivity index (χ2v) is 7.19. The number of carbonyl (C=O) groups is 1. The van der Waals surface area contributed by atoms with Gasteiger partial charge in [-0.25, -0.2) is 0 Å². The second kappa shape index (κ2) is 5.04. The topological polar surface area (TPSA) is 46.5 Å². The van der Waals surface area contributed by atoms with Crippen LogP contribution in [0.1, 0.15) is 37.7 Å². The molecule has 0 amide bonds. The fourth-order valence-electron chi connectivity index (χ4n) is 5.14. The van der Waals surface area contributed by atoms with Crippen LogP contribution in [0.4, 0.5) is 0 Å². The molecule has 5 rings (SSSR count). The van der Waals surface area contributed by atoms with E-state index in [9.17, 15) is 4.79 Å². The molecule has 3 heteroatoms. The fourth-order valence-corrected chi connectivity index (χ4v) is 5.14. The highest BCUT2D eigenvalue weighted by Crippen LogP contribution is 2.54. The predicted octanol–water partition coefficient (Wildman–Crippen LogP) is 3.52. The zero-order valence-corrected chi connectivity index (χ0v) is 12.2. The van der Waals surface area contributed by atoms with Crippen LogP contribution in [-0.2, 0) is 11.2 Å². The molecule has 4 aliphatic rings. The third-order valence-corrected chi connectivity index (χ3v) is 5.72. The van der Waals surface area contributed by atoms with Crippen molar-refractivity contribution in [1.82, 2.24) is 0 Å². The van der Waals surface area contributed by atoms with Crippen molar-refractivity contribution >= 4 is 5.97 Å². The summed E-state index contributed by atoms with van der Waals surface area (Å²) in [5.74, 6) is 3.25. The Hall–Kier alpha value is -1.51. The molecule has 4 aliphatic carbocycles. The first kappa shape index (κ1) is 13.2. The van der Waals surface area contributed by atoms with E-state index in [0.29, 0.717) is 17.9 Å². The Morgan fingerprint density at radius 1 is 1.05 bits per heavy atom. The maximum atomic E-state index is 11.0. The molecule has 0 aliphatic heterocycles. The maximum absolute atomic E-state index is 11.0. The summed E-state index contributed by atoms with van der Waals surface area (Å²) in [6, 6.07) is 7.64. The van der Waals surface area contributed by atoms with Crippen LogP contribution in [-0.4, -0.2) is 17.2 Å². The van der Waals surface area contributed by atoms with Crippen LogP contribution in [0.15, 0.2) is 24.3 Å². The van der Waals surface area contributed by atoms with Gasteiger partial charge in [0.25, 0.3) is 0 Å². The Kier molecular flexibility index (Phi) is 3.16. The van der Waals surface area contributed by atoms with Gasteiger partial charge in [0.15, 0.2) is 0 Å². The molecule has 0 radical (unpaired) electrons. The number of aliphatic carboxylic acids is 1. The molecule has 0 saturated heterocycles. The highest BCUT2D eigenvalue weighted by atomic mass is 16.5. The van der Waals surface area contributed by atoms with Gasteiger partial charge < -0.3 is 9.84 Å². The lowest BCUT2D eigenvalue weighted by molar-refractivity contribution is -0.136. The average molecular weight is 286 g/mol. The third kappa shape index (κ3) is 2.43. The predicted molar refractivity (Wildman–Crippen MR) is 79.2 cm³/mol. The van der Waals surface area contributed by atoms with Crippen molar-refractivity contribution in [2.45, 2.75) is 44.6 Å². The van der Waals surface area contributed by atoms with E-state index < -0.39 is 5.97 Å². The van der Waals surface area contributed by atoms with E-state index in [4.69, 9.17) is 9.84 Å². The van der Waals surface area contributed by atoms with Crippen LogP contribution in [0.25, 0.3) is 0 Å². The van der Waals surface area contributed by atoms with Crippen molar-refractivity contribution in [2.75, 3.05) is 0 Å². The zero-order chi connectivity index (χ0) is 14.4. The van der Waals surface area contributed by atoms with Crippen LogP contribution >= 0.6 is 0 Å². The minimum atomic E-state index is -0.795. The van der Waals surface area contributed by atoms with Gasteiger partial charge in [-0.2, -0.15) is 0 Å². The van der Waals surface area contributed by atoms with Crippen molar-refractivity contribution < 1.29 is 14.6 Å². The number of rotatable bonds is 4. The molecule has 21 heavy (non-hydrogen) atoms. The van der Waals surface area contributed by atoms with Crippen LogP contribution in [0.5, 0.6) is 5.75 Å². The summed E-state index contributed by atoms with van der Waals surface area (Å²) in [6.45, 7) is 0. The van der Waals surface area contributed by atoms with E-state index >= 15 is 0 Å². The Morgan fingerprint density at radius 2 is 1.67 bits per heavy atom. The maximum Gasteiger partial charge on any atom is 0.307 e. The van der Waals surface area contributed by atoms with Gasteiger partial charge in [-0.1, -0.05) is 18.2 Å². The number of carboxylic acids is 1. The molecule has 0 unspecified atom stereocenters. The largest absolute Gasteiger partial charge is 0.490 e. The lowest BCUT2D eigenvalue weighted by Gasteiger charge is -2.53. The first-order valence-electron chi connectivity index (χ1n) is 8.15. The number of hydrogen-bond acceptors (Lipinski definition) is 2. The molecule has 1 N–H and O–H groups in total. The first-order valence-corrected chi connectivity index (χ1v) is 8.15. The number of carboxylic acid groups (broad SMARTS) is 1. The van der Waals surface area contributed by atoms with E-state index in [2.05, 4.69) is 0 Å². The summed E-state index contributed by atoms with van der Waals surface area (Å²) in [7, 11) is 0. The van der Waals surface area contributed by atoms with Crippen LogP contribution in [0.3, 0.4) is 0 Å². The van der Waals surface area contributed by atoms with Gasteiger partial charge in [0.05, 0.1) is 6.42 Å². The molecule has 0 atom stereocenters. The van der Waals surface area contributed by atoms with Gasteiger partial charge in [-0.3, -0.25) is 4.79 Å². The summed E-state index contributed by atoms with van der Waals surface area (Å²) in [5, 5.41) is 9.04. The number of benzene rings is 1. The molecule has 4 bridgehead atoms. The number of ether oxygens (including phenoxy) is 1. The summed E-state index contributed by atoms with van der Waals surface area (Å²) >= 11 is 0. The average Bonchev–Trinajstić information content (AvgIpc) is 2.43. The molecule has 0 aromatic heterocycles. The first-order chi connectivity index (χ1) is 10.2. The monoisotopic (exact) mass is 286 g/mol. The minimum Gasteiger partial charge on any atom is -0.490 e. The quantitative estimate of drug-likeness (QED) is 0.921. The van der Waals surface area contributed by atoms with Gasteiger partial charge in [-0.15, -0.1) is 0 Å². The molecule has 0 heterocycles. The molecule has 1 aromatic carbocycles. The Morgan fingerprint density at radius 3 is 2.29 bits per heavy atom. The minimum absolute atomic E-state index is 0.0451. The Bertz CT molecular complexity index is 523. The lowest BCUT2D eigenvalue weighted by Crippen LogP contribution is -2.50.